The van der Waals surface area contributed by atoms with Crippen LogP contribution in [0.4, 0.5) is 0 Å². The molecular weight excluding hydrogens is 239 g/mol. The highest BCUT2D eigenvalue weighted by atomic mass is 35.5. The van der Waals surface area contributed by atoms with E-state index in [0.29, 0.717) is 21.4 Å². The third kappa shape index (κ3) is 1.66. The molecule has 1 aromatic carbocycles. The zero-order valence-corrected chi connectivity index (χ0v) is 9.43. The molecular formula is C10H8Cl2O3. The molecule has 0 aliphatic carbocycles. The minimum Gasteiger partial charge on any atom is -0.490 e. The maximum Gasteiger partial charge on any atom is 0.316 e. The summed E-state index contributed by atoms with van der Waals surface area (Å²) in [6.45, 7) is 0.228. The van der Waals surface area contributed by atoms with E-state index in [1.807, 2.05) is 0 Å². The number of carbonyl (C=O) groups is 1. The highest BCUT2D eigenvalue weighted by molar-refractivity contribution is 6.35. The Kier molecular flexibility index (Phi) is 2.76. The molecule has 0 radical (unpaired) electrons. The van der Waals surface area contributed by atoms with Crippen LogP contribution in [0.1, 0.15) is 11.5 Å². The molecule has 0 fully saturated rings. The highest BCUT2D eigenvalue weighted by Crippen LogP contribution is 2.43. The van der Waals surface area contributed by atoms with Gasteiger partial charge in [-0.3, -0.25) is 4.79 Å². The number of benzene rings is 1. The van der Waals surface area contributed by atoms with Crippen LogP contribution >= 0.6 is 23.2 Å². The van der Waals surface area contributed by atoms with E-state index in [9.17, 15) is 4.79 Å². The maximum atomic E-state index is 11.4. The lowest BCUT2D eigenvalue weighted by Gasteiger charge is -2.07. The summed E-state index contributed by atoms with van der Waals surface area (Å²) < 4.78 is 9.99. The fourth-order valence-corrected chi connectivity index (χ4v) is 2.10. The Morgan fingerprint density at radius 3 is 2.80 bits per heavy atom. The van der Waals surface area contributed by atoms with Gasteiger partial charge in [0.1, 0.15) is 18.3 Å². The Bertz CT molecular complexity index is 417. The van der Waals surface area contributed by atoms with Gasteiger partial charge in [0.15, 0.2) is 0 Å². The lowest BCUT2D eigenvalue weighted by molar-refractivity contribution is -0.142. The molecule has 1 heterocycles. The van der Waals surface area contributed by atoms with Crippen molar-refractivity contribution in [3.8, 4) is 5.75 Å². The summed E-state index contributed by atoms with van der Waals surface area (Å²) in [6, 6.07) is 3.29. The molecule has 3 nitrogen and oxygen atoms in total. The first-order valence-corrected chi connectivity index (χ1v) is 5.09. The van der Waals surface area contributed by atoms with Crippen molar-refractivity contribution in [2.75, 3.05) is 13.7 Å². The van der Waals surface area contributed by atoms with E-state index in [1.54, 1.807) is 12.1 Å². The van der Waals surface area contributed by atoms with Gasteiger partial charge in [-0.05, 0) is 12.1 Å². The number of ether oxygens (including phenoxy) is 2. The summed E-state index contributed by atoms with van der Waals surface area (Å²) in [5.41, 5.74) is 0.621. The van der Waals surface area contributed by atoms with Crippen molar-refractivity contribution < 1.29 is 14.3 Å². The van der Waals surface area contributed by atoms with Gasteiger partial charge in [-0.2, -0.15) is 0 Å². The molecule has 5 heteroatoms. The number of rotatable bonds is 1. The topological polar surface area (TPSA) is 35.5 Å². The van der Waals surface area contributed by atoms with E-state index < -0.39 is 5.92 Å². The van der Waals surface area contributed by atoms with Gasteiger partial charge in [-0.15, -0.1) is 0 Å². The molecule has 80 valence electrons. The van der Waals surface area contributed by atoms with Gasteiger partial charge in [0.05, 0.1) is 12.1 Å². The number of hydrogen-bond donors (Lipinski definition) is 0. The zero-order chi connectivity index (χ0) is 11.0. The lowest BCUT2D eigenvalue weighted by atomic mass is 10.0. The predicted molar refractivity (Wildman–Crippen MR) is 56.7 cm³/mol. The molecule has 0 spiro atoms. The fourth-order valence-electron chi connectivity index (χ4n) is 1.60. The summed E-state index contributed by atoms with van der Waals surface area (Å²) in [4.78, 5) is 11.4. The minimum absolute atomic E-state index is 0.228. The van der Waals surface area contributed by atoms with Crippen molar-refractivity contribution in [1.82, 2.24) is 0 Å². The third-order valence-corrected chi connectivity index (χ3v) is 2.95. The molecule has 15 heavy (non-hydrogen) atoms. The van der Waals surface area contributed by atoms with Gasteiger partial charge < -0.3 is 9.47 Å². The third-order valence-electron chi connectivity index (χ3n) is 2.32. The number of carbonyl (C=O) groups excluding carboxylic acids is 1. The molecule has 0 aromatic heterocycles. The monoisotopic (exact) mass is 246 g/mol. The van der Waals surface area contributed by atoms with Crippen LogP contribution in [-0.4, -0.2) is 19.7 Å². The second-order valence-electron chi connectivity index (χ2n) is 3.16. The van der Waals surface area contributed by atoms with E-state index in [-0.39, 0.29) is 12.6 Å². The van der Waals surface area contributed by atoms with E-state index in [0.717, 1.165) is 0 Å². The van der Waals surface area contributed by atoms with Gasteiger partial charge in [-0.25, -0.2) is 0 Å². The van der Waals surface area contributed by atoms with Crippen LogP contribution in [0.25, 0.3) is 0 Å². The molecule has 1 aromatic rings. The van der Waals surface area contributed by atoms with Crippen LogP contribution in [0.5, 0.6) is 5.75 Å². The van der Waals surface area contributed by atoms with Gasteiger partial charge in [0.25, 0.3) is 0 Å². The average molecular weight is 247 g/mol. The van der Waals surface area contributed by atoms with E-state index in [4.69, 9.17) is 27.9 Å². The number of fused-ring (bicyclic) bond motifs is 1. The molecule has 0 N–H and O–H groups in total. The first-order chi connectivity index (χ1) is 7.15. The molecule has 2 rings (SSSR count). The Balaban J connectivity index is 2.50. The van der Waals surface area contributed by atoms with Crippen molar-refractivity contribution in [1.29, 1.82) is 0 Å². The Morgan fingerprint density at radius 2 is 2.13 bits per heavy atom. The number of methoxy groups -OCH3 is 1. The Labute approximate surface area is 96.9 Å². The minimum atomic E-state index is -0.476. The largest absolute Gasteiger partial charge is 0.490 e. The first-order valence-electron chi connectivity index (χ1n) is 4.33. The van der Waals surface area contributed by atoms with Crippen LogP contribution in [0.2, 0.25) is 10.0 Å². The SMILES string of the molecule is COC(=O)C1COc2c(Cl)ccc(Cl)c21. The van der Waals surface area contributed by atoms with Crippen LogP contribution in [0, 0.1) is 0 Å². The van der Waals surface area contributed by atoms with Crippen molar-refractivity contribution in [2.45, 2.75) is 5.92 Å². The molecule has 1 unspecified atom stereocenters. The predicted octanol–water partition coefficient (Wildman–Crippen LogP) is 2.64. The molecule has 1 aliphatic rings. The van der Waals surface area contributed by atoms with Crippen molar-refractivity contribution >= 4 is 29.2 Å². The molecule has 0 saturated carbocycles. The van der Waals surface area contributed by atoms with Gasteiger partial charge in [0, 0.05) is 10.6 Å². The van der Waals surface area contributed by atoms with Crippen LogP contribution < -0.4 is 4.74 Å². The first kappa shape index (κ1) is 10.6. The lowest BCUT2D eigenvalue weighted by Crippen LogP contribution is -2.15. The van der Waals surface area contributed by atoms with Crippen LogP contribution in [0.3, 0.4) is 0 Å². The Morgan fingerprint density at radius 1 is 1.47 bits per heavy atom. The normalized spacial score (nSPS) is 18.2. The van der Waals surface area contributed by atoms with Crippen LogP contribution in [-0.2, 0) is 9.53 Å². The molecule has 0 amide bonds. The van der Waals surface area contributed by atoms with E-state index in [2.05, 4.69) is 4.74 Å². The van der Waals surface area contributed by atoms with Crippen LogP contribution in [0.15, 0.2) is 12.1 Å². The standard InChI is InChI=1S/C10H8Cl2O3/c1-14-10(13)5-4-15-9-7(12)3-2-6(11)8(5)9/h2-3,5H,4H2,1H3. The van der Waals surface area contributed by atoms with Gasteiger partial charge in [0.2, 0.25) is 0 Å². The molecule has 0 saturated heterocycles. The highest BCUT2D eigenvalue weighted by Gasteiger charge is 2.34. The van der Waals surface area contributed by atoms with Crippen molar-refractivity contribution in [3.05, 3.63) is 27.7 Å². The van der Waals surface area contributed by atoms with E-state index >= 15 is 0 Å². The van der Waals surface area contributed by atoms with Gasteiger partial charge >= 0.3 is 5.97 Å². The van der Waals surface area contributed by atoms with Crippen molar-refractivity contribution in [3.63, 3.8) is 0 Å². The quantitative estimate of drug-likeness (QED) is 0.715. The van der Waals surface area contributed by atoms with Gasteiger partial charge in [-0.1, -0.05) is 23.2 Å². The van der Waals surface area contributed by atoms with E-state index in [1.165, 1.54) is 7.11 Å². The second kappa shape index (κ2) is 3.91. The smallest absolute Gasteiger partial charge is 0.316 e. The summed E-state index contributed by atoms with van der Waals surface area (Å²) in [5, 5.41) is 0.933. The fraction of sp³-hybridized carbons (Fsp3) is 0.300. The summed E-state index contributed by atoms with van der Waals surface area (Å²) in [6.07, 6.45) is 0. The molecule has 0 bridgehead atoms. The number of halogens is 2. The zero-order valence-electron chi connectivity index (χ0n) is 7.92. The molecule has 1 aliphatic heterocycles. The molecule has 1 atom stereocenters. The maximum absolute atomic E-state index is 11.4. The summed E-state index contributed by atoms with van der Waals surface area (Å²) >= 11 is 11.9. The number of hydrogen-bond acceptors (Lipinski definition) is 3. The summed E-state index contributed by atoms with van der Waals surface area (Å²) in [7, 11) is 1.33. The summed E-state index contributed by atoms with van der Waals surface area (Å²) in [5.74, 6) is -0.353. The average Bonchev–Trinajstić information content (AvgIpc) is 2.68. The Hall–Kier alpha value is -0.930. The number of esters is 1. The second-order valence-corrected chi connectivity index (χ2v) is 3.97. The van der Waals surface area contributed by atoms with Crippen molar-refractivity contribution in [2.24, 2.45) is 0 Å².